The summed E-state index contributed by atoms with van der Waals surface area (Å²) in [5.74, 6) is 1.27. The maximum Gasteiger partial charge on any atom is 0.230 e. The molecule has 1 unspecified atom stereocenters. The van der Waals surface area contributed by atoms with Crippen LogP contribution in [0.4, 0.5) is 0 Å². The molecule has 4 rings (SSSR count). The Kier molecular flexibility index (Phi) is 5.55. The number of hydrogen-bond donors (Lipinski definition) is 1. The van der Waals surface area contributed by atoms with Gasteiger partial charge in [0, 0.05) is 6.04 Å². The maximum absolute atomic E-state index is 12.5. The van der Waals surface area contributed by atoms with Crippen LogP contribution in [0.1, 0.15) is 48.5 Å². The van der Waals surface area contributed by atoms with Crippen LogP contribution >= 0.6 is 23.1 Å². The van der Waals surface area contributed by atoms with Gasteiger partial charge in [0.1, 0.15) is 0 Å². The maximum atomic E-state index is 12.5. The van der Waals surface area contributed by atoms with Crippen LogP contribution in [0.5, 0.6) is 0 Å². The summed E-state index contributed by atoms with van der Waals surface area (Å²) >= 11 is 3.14. The molecule has 1 N–H and O–H groups in total. The molecule has 28 heavy (non-hydrogen) atoms. The number of carbonyl (C=O) groups is 1. The molecule has 0 spiro atoms. The van der Waals surface area contributed by atoms with E-state index in [0.29, 0.717) is 11.8 Å². The number of nitrogens with zero attached hydrogens (tertiary/aromatic N) is 3. The van der Waals surface area contributed by atoms with Crippen LogP contribution in [-0.2, 0) is 4.79 Å². The predicted molar refractivity (Wildman–Crippen MR) is 115 cm³/mol. The van der Waals surface area contributed by atoms with Crippen molar-refractivity contribution < 1.29 is 4.79 Å². The number of carbonyl (C=O) groups excluding carboxylic acids is 1. The first-order valence-corrected chi connectivity index (χ1v) is 11.4. The first-order chi connectivity index (χ1) is 13.5. The van der Waals surface area contributed by atoms with Crippen molar-refractivity contribution in [2.45, 2.75) is 50.9 Å². The molecule has 5 nitrogen and oxygen atoms in total. The molecule has 0 aliphatic heterocycles. The van der Waals surface area contributed by atoms with Crippen molar-refractivity contribution in [3.63, 3.8) is 0 Å². The zero-order chi connectivity index (χ0) is 19.7. The minimum Gasteiger partial charge on any atom is -0.349 e. The SMILES string of the molecule is Cc1ccc(C(C)NC(=O)CSc2nnc(-c3cccs3)n2C2CC2)cc1C. The molecule has 1 aromatic carbocycles. The van der Waals surface area contributed by atoms with E-state index in [2.05, 4.69) is 63.6 Å². The second kappa shape index (κ2) is 8.09. The Hall–Kier alpha value is -2.12. The smallest absolute Gasteiger partial charge is 0.230 e. The summed E-state index contributed by atoms with van der Waals surface area (Å²) in [6.45, 7) is 6.22. The van der Waals surface area contributed by atoms with Crippen molar-refractivity contribution in [3.05, 3.63) is 52.4 Å². The summed E-state index contributed by atoms with van der Waals surface area (Å²) in [6.07, 6.45) is 2.31. The van der Waals surface area contributed by atoms with Gasteiger partial charge in [-0.15, -0.1) is 21.5 Å². The number of amides is 1. The summed E-state index contributed by atoms with van der Waals surface area (Å²) in [4.78, 5) is 13.6. The number of aryl methyl sites for hydroxylation is 2. The van der Waals surface area contributed by atoms with Gasteiger partial charge in [0.2, 0.25) is 5.91 Å². The summed E-state index contributed by atoms with van der Waals surface area (Å²) in [5.41, 5.74) is 3.63. The third-order valence-electron chi connectivity index (χ3n) is 5.06. The van der Waals surface area contributed by atoms with E-state index in [0.717, 1.165) is 34.3 Å². The second-order valence-corrected chi connectivity index (χ2v) is 9.20. The van der Waals surface area contributed by atoms with E-state index in [1.807, 2.05) is 13.0 Å². The molecule has 3 aromatic rings. The Balaban J connectivity index is 1.40. The topological polar surface area (TPSA) is 59.8 Å². The molecule has 1 aliphatic carbocycles. The van der Waals surface area contributed by atoms with Gasteiger partial charge in [0.05, 0.1) is 16.7 Å². The molecule has 2 aromatic heterocycles. The standard InChI is InChI=1S/C21H24N4OS2/c1-13-6-7-16(11-14(13)2)15(3)22-19(26)12-28-21-24-23-20(18-5-4-10-27-18)25(21)17-8-9-17/h4-7,10-11,15,17H,8-9,12H2,1-3H3,(H,22,26). The van der Waals surface area contributed by atoms with Crippen LogP contribution in [-0.4, -0.2) is 26.4 Å². The molecular formula is C21H24N4OS2. The van der Waals surface area contributed by atoms with Crippen molar-refractivity contribution in [2.24, 2.45) is 0 Å². The van der Waals surface area contributed by atoms with Crippen molar-refractivity contribution >= 4 is 29.0 Å². The quantitative estimate of drug-likeness (QED) is 0.559. The Morgan fingerprint density at radius 1 is 1.29 bits per heavy atom. The third-order valence-corrected chi connectivity index (χ3v) is 6.87. The van der Waals surface area contributed by atoms with Gasteiger partial charge in [-0.3, -0.25) is 9.36 Å². The highest BCUT2D eigenvalue weighted by Crippen LogP contribution is 2.41. The lowest BCUT2D eigenvalue weighted by atomic mass is 10.0. The van der Waals surface area contributed by atoms with Gasteiger partial charge in [0.25, 0.3) is 0 Å². The van der Waals surface area contributed by atoms with Gasteiger partial charge >= 0.3 is 0 Å². The molecule has 1 atom stereocenters. The molecular weight excluding hydrogens is 388 g/mol. The lowest BCUT2D eigenvalue weighted by Gasteiger charge is -2.15. The van der Waals surface area contributed by atoms with Gasteiger partial charge in [-0.1, -0.05) is 36.0 Å². The van der Waals surface area contributed by atoms with Gasteiger partial charge in [-0.2, -0.15) is 0 Å². The van der Waals surface area contributed by atoms with E-state index in [4.69, 9.17) is 0 Å². The summed E-state index contributed by atoms with van der Waals surface area (Å²) in [6, 6.07) is 10.9. The zero-order valence-corrected chi connectivity index (χ0v) is 17.9. The summed E-state index contributed by atoms with van der Waals surface area (Å²) < 4.78 is 2.20. The number of thioether (sulfide) groups is 1. The van der Waals surface area contributed by atoms with Crippen LogP contribution in [0.25, 0.3) is 10.7 Å². The Labute approximate surface area is 173 Å². The van der Waals surface area contributed by atoms with Crippen LogP contribution in [0.3, 0.4) is 0 Å². The van der Waals surface area contributed by atoms with Gasteiger partial charge in [-0.25, -0.2) is 0 Å². The lowest BCUT2D eigenvalue weighted by molar-refractivity contribution is -0.119. The fraction of sp³-hybridized carbons (Fsp3) is 0.381. The molecule has 1 saturated carbocycles. The van der Waals surface area contributed by atoms with Gasteiger partial charge < -0.3 is 5.32 Å². The van der Waals surface area contributed by atoms with Crippen molar-refractivity contribution in [1.29, 1.82) is 0 Å². The van der Waals surface area contributed by atoms with E-state index < -0.39 is 0 Å². The minimum absolute atomic E-state index is 0.0127. The average Bonchev–Trinajstić information content (AvgIpc) is 3.19. The van der Waals surface area contributed by atoms with E-state index >= 15 is 0 Å². The second-order valence-electron chi connectivity index (χ2n) is 7.31. The number of benzene rings is 1. The van der Waals surface area contributed by atoms with Crippen LogP contribution in [0.15, 0.2) is 40.9 Å². The van der Waals surface area contributed by atoms with Crippen molar-refractivity contribution in [2.75, 3.05) is 5.75 Å². The third kappa shape index (κ3) is 4.15. The molecule has 2 heterocycles. The Morgan fingerprint density at radius 2 is 2.11 bits per heavy atom. The fourth-order valence-corrected chi connectivity index (χ4v) is 4.66. The highest BCUT2D eigenvalue weighted by molar-refractivity contribution is 7.99. The molecule has 0 radical (unpaired) electrons. The highest BCUT2D eigenvalue weighted by Gasteiger charge is 2.30. The zero-order valence-electron chi connectivity index (χ0n) is 16.3. The van der Waals surface area contributed by atoms with Gasteiger partial charge in [-0.05, 0) is 61.7 Å². The highest BCUT2D eigenvalue weighted by atomic mass is 32.2. The number of hydrogen-bond acceptors (Lipinski definition) is 5. The van der Waals surface area contributed by atoms with Crippen LogP contribution in [0, 0.1) is 13.8 Å². The summed E-state index contributed by atoms with van der Waals surface area (Å²) in [5, 5.41) is 14.7. The van der Waals surface area contributed by atoms with Crippen LogP contribution < -0.4 is 5.32 Å². The number of thiophene rings is 1. The molecule has 0 bridgehead atoms. The number of nitrogens with one attached hydrogen (secondary N) is 1. The molecule has 1 amide bonds. The molecule has 7 heteroatoms. The van der Waals surface area contributed by atoms with Gasteiger partial charge in [0.15, 0.2) is 11.0 Å². The largest absolute Gasteiger partial charge is 0.349 e. The average molecular weight is 413 g/mol. The minimum atomic E-state index is -0.0182. The Morgan fingerprint density at radius 3 is 2.79 bits per heavy atom. The van der Waals surface area contributed by atoms with E-state index in [1.165, 1.54) is 22.9 Å². The summed E-state index contributed by atoms with van der Waals surface area (Å²) in [7, 11) is 0. The van der Waals surface area contributed by atoms with E-state index in [9.17, 15) is 4.79 Å². The Bertz CT molecular complexity index is 976. The molecule has 146 valence electrons. The molecule has 1 aliphatic rings. The monoisotopic (exact) mass is 412 g/mol. The molecule has 0 saturated heterocycles. The van der Waals surface area contributed by atoms with Crippen LogP contribution in [0.2, 0.25) is 0 Å². The lowest BCUT2D eigenvalue weighted by Crippen LogP contribution is -2.28. The first-order valence-electron chi connectivity index (χ1n) is 9.51. The first kappa shape index (κ1) is 19.2. The number of rotatable bonds is 7. The van der Waals surface area contributed by atoms with Crippen molar-refractivity contribution in [3.8, 4) is 10.7 Å². The van der Waals surface area contributed by atoms with Crippen molar-refractivity contribution in [1.82, 2.24) is 20.1 Å². The number of aromatic nitrogens is 3. The fourth-order valence-electron chi connectivity index (χ4n) is 3.14. The van der Waals surface area contributed by atoms with E-state index in [1.54, 1.807) is 11.3 Å². The molecule has 1 fully saturated rings. The normalized spacial score (nSPS) is 14.8. The van der Waals surface area contributed by atoms with E-state index in [-0.39, 0.29) is 11.9 Å². The predicted octanol–water partition coefficient (Wildman–Crippen LogP) is 4.93.